The summed E-state index contributed by atoms with van der Waals surface area (Å²) in [6, 6.07) is 0. The third kappa shape index (κ3) is 4.35. The zero-order valence-corrected chi connectivity index (χ0v) is 8.52. The van der Waals surface area contributed by atoms with Crippen molar-refractivity contribution in [2.75, 3.05) is 6.51 Å². The maximum atomic E-state index is 11.9. The second-order valence-corrected chi connectivity index (χ2v) is 4.11. The van der Waals surface area contributed by atoms with Crippen LogP contribution in [0.25, 0.3) is 0 Å². The fraction of sp³-hybridized carbons (Fsp3) is 1.00. The summed E-state index contributed by atoms with van der Waals surface area (Å²) in [4.78, 5) is 0. The normalized spacial score (nSPS) is 29.1. The smallest absolute Gasteiger partial charge is 0.447 e. The van der Waals surface area contributed by atoms with Gasteiger partial charge in [-0.1, -0.05) is 26.2 Å². The van der Waals surface area contributed by atoms with Crippen molar-refractivity contribution in [2.24, 2.45) is 5.92 Å². The highest BCUT2D eigenvalue weighted by Crippen LogP contribution is 2.28. The lowest BCUT2D eigenvalue weighted by atomic mass is 9.85. The molecule has 0 amide bonds. The molecule has 0 aromatic rings. The predicted octanol–water partition coefficient (Wildman–Crippen LogP) is 3.36. The van der Waals surface area contributed by atoms with Gasteiger partial charge in [0, 0.05) is 6.51 Å². The molecule has 0 N–H and O–H groups in total. The molecule has 2 atom stereocenters. The molecule has 0 spiro atoms. The van der Waals surface area contributed by atoms with E-state index in [1.165, 1.54) is 0 Å². The lowest BCUT2D eigenvalue weighted by Crippen LogP contribution is -2.31. The molecule has 0 saturated heterocycles. The summed E-state index contributed by atoms with van der Waals surface area (Å²) in [5, 5.41) is 0. The van der Waals surface area contributed by atoms with E-state index in [-0.39, 0.29) is 6.10 Å². The zero-order valence-electron chi connectivity index (χ0n) is 8.52. The van der Waals surface area contributed by atoms with E-state index >= 15 is 0 Å². The van der Waals surface area contributed by atoms with Crippen molar-refractivity contribution < 1.29 is 17.7 Å². The third-order valence-corrected chi connectivity index (χ3v) is 2.83. The van der Waals surface area contributed by atoms with E-state index in [1.54, 1.807) is 0 Å². The first-order chi connectivity index (χ1) is 6.51. The van der Waals surface area contributed by atoms with Crippen molar-refractivity contribution in [3.05, 3.63) is 0 Å². The number of ether oxygens (including phenoxy) is 1. The Morgan fingerprint density at radius 2 is 2.00 bits per heavy atom. The molecule has 0 bridgehead atoms. The first kappa shape index (κ1) is 11.9. The van der Waals surface area contributed by atoms with Gasteiger partial charge in [-0.3, -0.25) is 0 Å². The van der Waals surface area contributed by atoms with Crippen molar-refractivity contribution in [3.8, 4) is 0 Å². The Morgan fingerprint density at radius 3 is 2.57 bits per heavy atom. The molecule has 84 valence electrons. The molecule has 2 unspecified atom stereocenters. The Labute approximate surface area is 83.1 Å². The van der Waals surface area contributed by atoms with Gasteiger partial charge in [0.05, 0.1) is 6.10 Å². The summed E-state index contributed by atoms with van der Waals surface area (Å²) >= 11 is 0. The van der Waals surface area contributed by atoms with E-state index < -0.39 is 13.5 Å². The van der Waals surface area contributed by atoms with Gasteiger partial charge in [-0.2, -0.15) is 0 Å². The van der Waals surface area contributed by atoms with Gasteiger partial charge < -0.3 is 17.7 Å². The van der Waals surface area contributed by atoms with Gasteiger partial charge in [0.2, 0.25) is 0 Å². The molecule has 0 aromatic carbocycles. The summed E-state index contributed by atoms with van der Waals surface area (Å²) in [6.07, 6.45) is 4.65. The van der Waals surface area contributed by atoms with Crippen LogP contribution >= 0.6 is 0 Å². The molecule has 1 aliphatic rings. The molecule has 1 fully saturated rings. The monoisotopic (exact) mass is 209 g/mol. The van der Waals surface area contributed by atoms with Crippen LogP contribution in [0, 0.1) is 5.92 Å². The Balaban J connectivity index is 2.24. The second-order valence-electron chi connectivity index (χ2n) is 4.11. The number of halogens is 3. The molecule has 1 aliphatic carbocycles. The van der Waals surface area contributed by atoms with Gasteiger partial charge in [-0.25, -0.2) is 0 Å². The Morgan fingerprint density at radius 1 is 1.29 bits per heavy atom. The van der Waals surface area contributed by atoms with Crippen molar-refractivity contribution in [2.45, 2.75) is 45.1 Å². The van der Waals surface area contributed by atoms with E-state index in [1.807, 2.05) is 0 Å². The van der Waals surface area contributed by atoms with Crippen LogP contribution in [0.4, 0.5) is 12.9 Å². The highest BCUT2D eigenvalue weighted by atomic mass is 19.4. The van der Waals surface area contributed by atoms with E-state index in [0.717, 1.165) is 32.1 Å². The molecule has 0 heterocycles. The van der Waals surface area contributed by atoms with Crippen LogP contribution in [0.3, 0.4) is 0 Å². The van der Waals surface area contributed by atoms with Gasteiger partial charge in [0.25, 0.3) is 0 Å². The largest absolute Gasteiger partial charge is 0.503 e. The van der Waals surface area contributed by atoms with Gasteiger partial charge in [0.15, 0.2) is 0 Å². The topological polar surface area (TPSA) is 9.23 Å². The molecule has 0 radical (unpaired) electrons. The molecule has 5 heteroatoms. The minimum atomic E-state index is -4.77. The van der Waals surface area contributed by atoms with Gasteiger partial charge in [-0.15, -0.1) is 0 Å². The van der Waals surface area contributed by atoms with E-state index in [4.69, 9.17) is 4.74 Å². The van der Waals surface area contributed by atoms with E-state index in [2.05, 4.69) is 6.92 Å². The SMILES string of the molecule is CCC1CCCC(OC[B-](F)(F)F)C1. The first-order valence-electron chi connectivity index (χ1n) is 5.34. The van der Waals surface area contributed by atoms with Gasteiger partial charge >= 0.3 is 6.98 Å². The first-order valence-corrected chi connectivity index (χ1v) is 5.34. The molecule has 14 heavy (non-hydrogen) atoms. The minimum absolute atomic E-state index is 0.155. The summed E-state index contributed by atoms with van der Waals surface area (Å²) in [5.74, 6) is 0.564. The van der Waals surface area contributed by atoms with Crippen LogP contribution in [-0.2, 0) is 4.74 Å². The van der Waals surface area contributed by atoms with Crippen LogP contribution in [0.15, 0.2) is 0 Å². The Kier molecular flexibility index (Phi) is 4.29. The van der Waals surface area contributed by atoms with Crippen LogP contribution in [0.2, 0.25) is 0 Å². The van der Waals surface area contributed by atoms with Gasteiger partial charge in [-0.05, 0) is 18.8 Å². The molecule has 0 aliphatic heterocycles. The quantitative estimate of drug-likeness (QED) is 0.645. The lowest BCUT2D eigenvalue weighted by molar-refractivity contribution is 0.0253. The average Bonchev–Trinajstić information content (AvgIpc) is 2.14. The molecular weight excluding hydrogens is 192 g/mol. The summed E-state index contributed by atoms with van der Waals surface area (Å²) < 4.78 is 40.7. The summed E-state index contributed by atoms with van der Waals surface area (Å²) in [6.45, 7) is -3.72. The summed E-state index contributed by atoms with van der Waals surface area (Å²) in [7, 11) is 0. The zero-order chi connectivity index (χ0) is 10.6. The minimum Gasteiger partial charge on any atom is -0.447 e. The molecule has 1 saturated carbocycles. The lowest BCUT2D eigenvalue weighted by Gasteiger charge is -2.30. The Bertz CT molecular complexity index is 172. The maximum Gasteiger partial charge on any atom is 0.503 e. The molecule has 1 rings (SSSR count). The maximum absolute atomic E-state index is 11.9. The van der Waals surface area contributed by atoms with Crippen molar-refractivity contribution >= 4 is 6.98 Å². The fourth-order valence-corrected chi connectivity index (χ4v) is 2.01. The predicted molar refractivity (Wildman–Crippen MR) is 51.1 cm³/mol. The molecule has 1 nitrogen and oxygen atoms in total. The standard InChI is InChI=1S/C9H17BF3O/c1-2-8-4-3-5-9(6-8)14-7-10(11,12)13/h8-9H,2-7H2,1H3/q-1. The van der Waals surface area contributed by atoms with E-state index in [9.17, 15) is 12.9 Å². The third-order valence-electron chi connectivity index (χ3n) is 2.83. The molecular formula is C9H17BF3O-. The highest BCUT2D eigenvalue weighted by molar-refractivity contribution is 6.58. The highest BCUT2D eigenvalue weighted by Gasteiger charge is 2.27. The van der Waals surface area contributed by atoms with Crippen LogP contribution in [-0.4, -0.2) is 19.6 Å². The Hall–Kier alpha value is -0.185. The van der Waals surface area contributed by atoms with E-state index in [0.29, 0.717) is 5.92 Å². The summed E-state index contributed by atoms with van der Waals surface area (Å²) in [5.41, 5.74) is 0. The van der Waals surface area contributed by atoms with Gasteiger partial charge in [0.1, 0.15) is 0 Å². The number of rotatable bonds is 4. The number of hydrogen-bond donors (Lipinski definition) is 0. The van der Waals surface area contributed by atoms with Crippen molar-refractivity contribution in [1.82, 2.24) is 0 Å². The second kappa shape index (κ2) is 5.05. The number of hydrogen-bond acceptors (Lipinski definition) is 1. The van der Waals surface area contributed by atoms with Crippen molar-refractivity contribution in [1.29, 1.82) is 0 Å². The van der Waals surface area contributed by atoms with Crippen LogP contribution in [0.5, 0.6) is 0 Å². The van der Waals surface area contributed by atoms with Crippen molar-refractivity contribution in [3.63, 3.8) is 0 Å². The van der Waals surface area contributed by atoms with Crippen LogP contribution in [0.1, 0.15) is 39.0 Å². The average molecular weight is 209 g/mol. The van der Waals surface area contributed by atoms with Crippen LogP contribution < -0.4 is 0 Å². The fourth-order valence-electron chi connectivity index (χ4n) is 2.01. The molecule has 0 aromatic heterocycles.